The monoisotopic (exact) mass is 665 g/mol. The lowest BCUT2D eigenvalue weighted by atomic mass is 10.0. The van der Waals surface area contributed by atoms with Crippen molar-refractivity contribution in [3.8, 4) is 40.0 Å². The molecule has 0 unspecified atom stereocenters. The molecule has 0 fully saturated rings. The molecule has 6 nitrogen and oxygen atoms in total. The number of aromatic nitrogens is 5. The molecule has 4 heterocycles. The fourth-order valence-corrected chi connectivity index (χ4v) is 7.76. The zero-order chi connectivity index (χ0) is 34.2. The van der Waals surface area contributed by atoms with Gasteiger partial charge >= 0.3 is 0 Å². The van der Waals surface area contributed by atoms with Crippen LogP contribution >= 0.6 is 0 Å². The van der Waals surface area contributed by atoms with E-state index in [1.807, 2.05) is 30.3 Å². The Morgan fingerprint density at radius 2 is 1.13 bits per heavy atom. The highest BCUT2D eigenvalue weighted by Gasteiger charge is 2.22. The summed E-state index contributed by atoms with van der Waals surface area (Å²) in [4.78, 5) is 20.5. The normalized spacial score (nSPS) is 11.8. The third-order valence-electron chi connectivity index (χ3n) is 10.1. The van der Waals surface area contributed by atoms with Crippen LogP contribution in [0.15, 0.2) is 168 Å². The van der Waals surface area contributed by atoms with Gasteiger partial charge in [-0.25, -0.2) is 15.0 Å². The van der Waals surface area contributed by atoms with Gasteiger partial charge in [-0.15, -0.1) is 0 Å². The molecule has 0 saturated heterocycles. The van der Waals surface area contributed by atoms with Crippen LogP contribution in [0.2, 0.25) is 0 Å². The third-order valence-corrected chi connectivity index (χ3v) is 10.1. The maximum absolute atomic E-state index is 6.26. The summed E-state index contributed by atoms with van der Waals surface area (Å²) in [5, 5.41) is 8.96. The van der Waals surface area contributed by atoms with Crippen molar-refractivity contribution in [2.75, 3.05) is 0 Å². The Morgan fingerprint density at radius 1 is 0.442 bits per heavy atom. The van der Waals surface area contributed by atoms with Gasteiger partial charge in [0.25, 0.3) is 0 Å². The summed E-state index contributed by atoms with van der Waals surface area (Å²) in [5.74, 6) is 1.61. The summed E-state index contributed by atoms with van der Waals surface area (Å²) < 4.78 is 8.60. The molecule has 0 aliphatic rings. The highest BCUT2D eigenvalue weighted by atomic mass is 16.3. The molecule has 11 rings (SSSR count). The Bertz CT molecular complexity index is 3210. The lowest BCUT2D eigenvalue weighted by Crippen LogP contribution is -2.04. The SMILES string of the molecule is c1ccc(-n2c3ccccc3c3c4ccccc4ccc32)c(-c2nc(-c3ccc4ccccc4c3)nc(-c3nccc4oc5ccccc5c34)n2)c1. The first-order chi connectivity index (χ1) is 25.8. The Kier molecular flexibility index (Phi) is 6.15. The molecule has 0 aliphatic heterocycles. The summed E-state index contributed by atoms with van der Waals surface area (Å²) in [6.07, 6.45) is 1.76. The van der Waals surface area contributed by atoms with Gasteiger partial charge in [0.05, 0.1) is 22.1 Å². The Morgan fingerprint density at radius 3 is 2.06 bits per heavy atom. The van der Waals surface area contributed by atoms with Gasteiger partial charge in [0.15, 0.2) is 17.5 Å². The molecule has 0 spiro atoms. The number of hydrogen-bond acceptors (Lipinski definition) is 5. The highest BCUT2D eigenvalue weighted by Crippen LogP contribution is 2.40. The minimum absolute atomic E-state index is 0.480. The molecule has 0 amide bonds. The summed E-state index contributed by atoms with van der Waals surface area (Å²) in [6, 6.07) is 54.6. The predicted molar refractivity (Wildman–Crippen MR) is 211 cm³/mol. The van der Waals surface area contributed by atoms with Crippen molar-refractivity contribution in [3.05, 3.63) is 164 Å². The van der Waals surface area contributed by atoms with Gasteiger partial charge in [0.2, 0.25) is 0 Å². The van der Waals surface area contributed by atoms with Crippen molar-refractivity contribution in [1.29, 1.82) is 0 Å². The summed E-state index contributed by atoms with van der Waals surface area (Å²) >= 11 is 0. The van der Waals surface area contributed by atoms with Crippen molar-refractivity contribution in [2.45, 2.75) is 0 Å². The first-order valence-electron chi connectivity index (χ1n) is 17.3. The van der Waals surface area contributed by atoms with Gasteiger partial charge in [-0.3, -0.25) is 4.98 Å². The van der Waals surface area contributed by atoms with E-state index in [0.29, 0.717) is 23.2 Å². The highest BCUT2D eigenvalue weighted by molar-refractivity contribution is 6.21. The molecule has 242 valence electrons. The quantitative estimate of drug-likeness (QED) is 0.187. The number of hydrogen-bond donors (Lipinski definition) is 0. The summed E-state index contributed by atoms with van der Waals surface area (Å²) in [7, 11) is 0. The van der Waals surface area contributed by atoms with Crippen LogP contribution in [0.25, 0.3) is 105 Å². The van der Waals surface area contributed by atoms with Gasteiger partial charge in [-0.05, 0) is 64.0 Å². The van der Waals surface area contributed by atoms with E-state index in [9.17, 15) is 0 Å². The second-order valence-electron chi connectivity index (χ2n) is 13.0. The molecule has 0 aliphatic carbocycles. The van der Waals surface area contributed by atoms with Crippen LogP contribution in [-0.4, -0.2) is 24.5 Å². The average molecular weight is 666 g/mol. The molecule has 0 N–H and O–H groups in total. The zero-order valence-corrected chi connectivity index (χ0v) is 27.7. The number of nitrogens with zero attached hydrogens (tertiary/aromatic N) is 5. The minimum atomic E-state index is 0.480. The van der Waals surface area contributed by atoms with Gasteiger partial charge in [0.1, 0.15) is 16.9 Å². The Hall–Kier alpha value is -7.18. The van der Waals surface area contributed by atoms with Gasteiger partial charge in [-0.2, -0.15) is 0 Å². The van der Waals surface area contributed by atoms with Crippen LogP contribution in [0.5, 0.6) is 0 Å². The minimum Gasteiger partial charge on any atom is -0.456 e. The van der Waals surface area contributed by atoms with E-state index in [0.717, 1.165) is 60.6 Å². The largest absolute Gasteiger partial charge is 0.456 e. The second-order valence-corrected chi connectivity index (χ2v) is 13.0. The number of benzene rings is 7. The first-order valence-corrected chi connectivity index (χ1v) is 17.3. The standard InChI is InChI=1S/C46H27N5O/c1-2-13-30-27-31(22-21-28(30)11-1)44-48-45(50-46(49-44)43-42-35-17-7-10-20-39(35)52-40(42)25-26-47-43)34-16-6-9-19-37(34)51-36-18-8-5-15-33(36)41-32-14-4-3-12-29(32)23-24-38(41)51/h1-27H. The van der Waals surface area contributed by atoms with Crippen molar-refractivity contribution in [2.24, 2.45) is 0 Å². The lowest BCUT2D eigenvalue weighted by Gasteiger charge is -2.15. The first kappa shape index (κ1) is 28.6. The Labute approximate surface area is 297 Å². The number of furan rings is 1. The number of rotatable bonds is 4. The van der Waals surface area contributed by atoms with Crippen LogP contribution in [0.1, 0.15) is 0 Å². The molecule has 0 bridgehead atoms. The van der Waals surface area contributed by atoms with E-state index in [1.54, 1.807) is 6.20 Å². The van der Waals surface area contributed by atoms with Crippen LogP contribution in [-0.2, 0) is 0 Å². The zero-order valence-electron chi connectivity index (χ0n) is 27.7. The van der Waals surface area contributed by atoms with Crippen molar-refractivity contribution in [3.63, 3.8) is 0 Å². The average Bonchev–Trinajstić information content (AvgIpc) is 3.77. The number of para-hydroxylation sites is 3. The maximum Gasteiger partial charge on any atom is 0.183 e. The molecular formula is C46H27N5O. The van der Waals surface area contributed by atoms with Crippen LogP contribution < -0.4 is 0 Å². The predicted octanol–water partition coefficient (Wildman–Crippen LogP) is 11.6. The molecule has 52 heavy (non-hydrogen) atoms. The molecule has 4 aromatic heterocycles. The van der Waals surface area contributed by atoms with Crippen molar-refractivity contribution < 1.29 is 4.42 Å². The Balaban J connectivity index is 1.21. The van der Waals surface area contributed by atoms with Crippen LogP contribution in [0, 0.1) is 0 Å². The van der Waals surface area contributed by atoms with Crippen molar-refractivity contribution in [1.82, 2.24) is 24.5 Å². The summed E-state index contributed by atoms with van der Waals surface area (Å²) in [6.45, 7) is 0. The smallest absolute Gasteiger partial charge is 0.183 e. The van der Waals surface area contributed by atoms with Gasteiger partial charge in [-0.1, -0.05) is 115 Å². The number of fused-ring (bicyclic) bond motifs is 9. The van der Waals surface area contributed by atoms with E-state index < -0.39 is 0 Å². The number of pyridine rings is 1. The van der Waals surface area contributed by atoms with Crippen LogP contribution in [0.4, 0.5) is 0 Å². The van der Waals surface area contributed by atoms with E-state index >= 15 is 0 Å². The molecule has 7 aromatic carbocycles. The van der Waals surface area contributed by atoms with Crippen LogP contribution in [0.3, 0.4) is 0 Å². The topological polar surface area (TPSA) is 69.6 Å². The van der Waals surface area contributed by atoms with Gasteiger partial charge < -0.3 is 8.98 Å². The molecule has 6 heteroatoms. The van der Waals surface area contributed by atoms with E-state index in [-0.39, 0.29) is 0 Å². The third kappa shape index (κ3) is 4.31. The van der Waals surface area contributed by atoms with E-state index in [1.165, 1.54) is 21.5 Å². The second kappa shape index (κ2) is 11.2. The fourth-order valence-electron chi connectivity index (χ4n) is 7.76. The van der Waals surface area contributed by atoms with E-state index in [4.69, 9.17) is 24.4 Å². The molecule has 11 aromatic rings. The summed E-state index contributed by atoms with van der Waals surface area (Å²) in [5.41, 5.74) is 7.16. The molecule has 0 radical (unpaired) electrons. The van der Waals surface area contributed by atoms with Crippen molar-refractivity contribution >= 4 is 65.3 Å². The van der Waals surface area contributed by atoms with Gasteiger partial charge in [0, 0.05) is 33.5 Å². The lowest BCUT2D eigenvalue weighted by molar-refractivity contribution is 0.668. The maximum atomic E-state index is 6.26. The molecule has 0 saturated carbocycles. The fraction of sp³-hybridized carbons (Fsp3) is 0. The molecular weight excluding hydrogens is 639 g/mol. The molecule has 0 atom stereocenters. The van der Waals surface area contributed by atoms with E-state index in [2.05, 4.69) is 132 Å².